The number of hydrogen-bond acceptors (Lipinski definition) is 3. The molecular weight excluding hydrogens is 314 g/mol. The Morgan fingerprint density at radius 3 is 2.77 bits per heavy atom. The summed E-state index contributed by atoms with van der Waals surface area (Å²) in [6.45, 7) is 5.52. The number of likely N-dealkylation sites (N-methyl/N-ethyl adjacent to an activating group) is 1. The Balaban J connectivity index is 1.74. The summed E-state index contributed by atoms with van der Waals surface area (Å²) in [5, 5.41) is 2.16. The number of halogens is 1. The summed E-state index contributed by atoms with van der Waals surface area (Å²) in [7, 11) is 2.20. The quantitative estimate of drug-likeness (QED) is 0.790. The molecule has 0 spiro atoms. The SMILES string of the molecule is CN1CCN([C@H]2Cn3cccc3Sc3ccc(Cl)cc32)CC1. The van der Waals surface area contributed by atoms with Gasteiger partial charge in [0.15, 0.2) is 0 Å². The molecule has 1 atom stereocenters. The molecule has 2 aliphatic rings. The van der Waals surface area contributed by atoms with E-state index in [9.17, 15) is 0 Å². The molecule has 5 heteroatoms. The van der Waals surface area contributed by atoms with Gasteiger partial charge in [-0.05, 0) is 42.9 Å². The lowest BCUT2D eigenvalue weighted by Gasteiger charge is -2.38. The lowest BCUT2D eigenvalue weighted by molar-refractivity contribution is 0.100. The van der Waals surface area contributed by atoms with Crippen LogP contribution in [0.2, 0.25) is 5.02 Å². The highest BCUT2D eigenvalue weighted by Gasteiger charge is 2.29. The first-order valence-corrected chi connectivity index (χ1v) is 8.95. The maximum absolute atomic E-state index is 6.30. The maximum atomic E-state index is 6.30. The first kappa shape index (κ1) is 14.6. The fourth-order valence-corrected chi connectivity index (χ4v) is 4.61. The summed E-state index contributed by atoms with van der Waals surface area (Å²) in [6.07, 6.45) is 2.19. The monoisotopic (exact) mass is 333 g/mol. The number of nitrogens with zero attached hydrogens (tertiary/aromatic N) is 3. The average Bonchev–Trinajstić information content (AvgIpc) is 2.89. The molecule has 1 aromatic carbocycles. The van der Waals surface area contributed by atoms with Gasteiger partial charge in [-0.2, -0.15) is 0 Å². The van der Waals surface area contributed by atoms with Crippen molar-refractivity contribution < 1.29 is 0 Å². The predicted molar refractivity (Wildman–Crippen MR) is 91.8 cm³/mol. The van der Waals surface area contributed by atoms with Crippen LogP contribution in [0.15, 0.2) is 46.5 Å². The van der Waals surface area contributed by atoms with Gasteiger partial charge in [0, 0.05) is 48.8 Å². The summed E-state index contributed by atoms with van der Waals surface area (Å²) in [4.78, 5) is 6.36. The molecule has 0 radical (unpaired) electrons. The van der Waals surface area contributed by atoms with E-state index in [0.717, 1.165) is 37.7 Å². The molecule has 0 aliphatic carbocycles. The number of fused-ring (bicyclic) bond motifs is 2. The van der Waals surface area contributed by atoms with Gasteiger partial charge < -0.3 is 9.47 Å². The molecule has 4 rings (SSSR count). The number of aromatic nitrogens is 1. The highest BCUT2D eigenvalue weighted by molar-refractivity contribution is 7.99. The topological polar surface area (TPSA) is 11.4 Å². The van der Waals surface area contributed by atoms with Gasteiger partial charge in [-0.25, -0.2) is 0 Å². The highest BCUT2D eigenvalue weighted by Crippen LogP contribution is 2.41. The van der Waals surface area contributed by atoms with Crippen LogP contribution in [-0.2, 0) is 6.54 Å². The van der Waals surface area contributed by atoms with Crippen molar-refractivity contribution in [3.8, 4) is 0 Å². The normalized spacial score (nSPS) is 22.9. The smallest absolute Gasteiger partial charge is 0.0797 e. The van der Waals surface area contributed by atoms with Gasteiger partial charge in [0.2, 0.25) is 0 Å². The minimum Gasteiger partial charge on any atom is -0.341 e. The summed E-state index contributed by atoms with van der Waals surface area (Å²) in [5.41, 5.74) is 1.38. The molecular formula is C17H20ClN3S. The molecule has 0 saturated carbocycles. The van der Waals surface area contributed by atoms with Gasteiger partial charge in [-0.1, -0.05) is 23.4 Å². The Hall–Kier alpha value is -0.940. The van der Waals surface area contributed by atoms with Gasteiger partial charge in [0.05, 0.1) is 11.1 Å². The summed E-state index contributed by atoms with van der Waals surface area (Å²) in [6, 6.07) is 11.1. The van der Waals surface area contributed by atoms with Crippen molar-refractivity contribution >= 4 is 23.4 Å². The van der Waals surface area contributed by atoms with E-state index in [1.54, 1.807) is 0 Å². The average molecular weight is 334 g/mol. The van der Waals surface area contributed by atoms with E-state index in [-0.39, 0.29) is 0 Å². The largest absolute Gasteiger partial charge is 0.341 e. The second-order valence-electron chi connectivity index (χ2n) is 6.14. The second kappa shape index (κ2) is 5.93. The van der Waals surface area contributed by atoms with Crippen LogP contribution in [0.5, 0.6) is 0 Å². The Kier molecular flexibility index (Phi) is 3.95. The minimum atomic E-state index is 0.406. The lowest BCUT2D eigenvalue weighted by Crippen LogP contribution is -2.46. The van der Waals surface area contributed by atoms with Crippen LogP contribution in [0.3, 0.4) is 0 Å². The molecule has 1 saturated heterocycles. The molecule has 0 unspecified atom stereocenters. The number of piperazine rings is 1. The lowest BCUT2D eigenvalue weighted by atomic mass is 10.0. The minimum absolute atomic E-state index is 0.406. The van der Waals surface area contributed by atoms with Crippen molar-refractivity contribution in [3.63, 3.8) is 0 Å². The molecule has 2 aromatic rings. The fraction of sp³-hybridized carbons (Fsp3) is 0.412. The van der Waals surface area contributed by atoms with Crippen molar-refractivity contribution in [2.75, 3.05) is 33.2 Å². The number of rotatable bonds is 1. The van der Waals surface area contributed by atoms with Gasteiger partial charge in [-0.3, -0.25) is 4.90 Å². The first-order valence-electron chi connectivity index (χ1n) is 7.76. The molecule has 1 aromatic heterocycles. The zero-order valence-electron chi connectivity index (χ0n) is 12.7. The second-order valence-corrected chi connectivity index (χ2v) is 7.64. The molecule has 116 valence electrons. The zero-order chi connectivity index (χ0) is 15.1. The van der Waals surface area contributed by atoms with Gasteiger partial charge in [0.25, 0.3) is 0 Å². The van der Waals surface area contributed by atoms with Crippen LogP contribution in [-0.4, -0.2) is 47.6 Å². The van der Waals surface area contributed by atoms with Crippen molar-refractivity contribution in [1.29, 1.82) is 0 Å². The summed E-state index contributed by atoms with van der Waals surface area (Å²) < 4.78 is 2.38. The van der Waals surface area contributed by atoms with E-state index in [1.807, 2.05) is 17.8 Å². The Morgan fingerprint density at radius 1 is 1.14 bits per heavy atom. The molecule has 0 N–H and O–H groups in total. The van der Waals surface area contributed by atoms with Crippen LogP contribution in [0.1, 0.15) is 11.6 Å². The van der Waals surface area contributed by atoms with Crippen molar-refractivity contribution in [2.45, 2.75) is 22.5 Å². The van der Waals surface area contributed by atoms with E-state index in [4.69, 9.17) is 11.6 Å². The van der Waals surface area contributed by atoms with Crippen molar-refractivity contribution in [1.82, 2.24) is 14.4 Å². The predicted octanol–water partition coefficient (Wildman–Crippen LogP) is 3.59. The van der Waals surface area contributed by atoms with E-state index >= 15 is 0 Å². The third kappa shape index (κ3) is 2.69. The zero-order valence-corrected chi connectivity index (χ0v) is 14.3. The Labute approximate surface area is 140 Å². The number of benzene rings is 1. The highest BCUT2D eigenvalue weighted by atomic mass is 35.5. The van der Waals surface area contributed by atoms with Crippen LogP contribution in [0, 0.1) is 0 Å². The van der Waals surface area contributed by atoms with Gasteiger partial charge >= 0.3 is 0 Å². The van der Waals surface area contributed by atoms with Gasteiger partial charge in [0.1, 0.15) is 0 Å². The van der Waals surface area contributed by atoms with Crippen molar-refractivity contribution in [3.05, 3.63) is 47.1 Å². The van der Waals surface area contributed by atoms with E-state index in [2.05, 4.69) is 51.9 Å². The van der Waals surface area contributed by atoms with E-state index < -0.39 is 0 Å². The first-order chi connectivity index (χ1) is 10.7. The third-order valence-electron chi connectivity index (χ3n) is 4.68. The third-order valence-corrected chi connectivity index (χ3v) is 6.09. The standard InChI is InChI=1S/C17H20ClN3S/c1-19-7-9-20(10-8-19)15-12-21-6-2-3-17(21)22-16-5-4-13(18)11-14(15)16/h2-6,11,15H,7-10,12H2,1H3/t15-/m0/s1. The van der Waals surface area contributed by atoms with Crippen LogP contribution < -0.4 is 0 Å². The van der Waals surface area contributed by atoms with E-state index in [0.29, 0.717) is 6.04 Å². The Bertz CT molecular complexity index is 676. The van der Waals surface area contributed by atoms with E-state index in [1.165, 1.54) is 15.5 Å². The van der Waals surface area contributed by atoms with Crippen LogP contribution in [0.25, 0.3) is 0 Å². The molecule has 2 aliphatic heterocycles. The van der Waals surface area contributed by atoms with Gasteiger partial charge in [-0.15, -0.1) is 0 Å². The maximum Gasteiger partial charge on any atom is 0.0797 e. The molecule has 22 heavy (non-hydrogen) atoms. The summed E-state index contributed by atoms with van der Waals surface area (Å²) >= 11 is 8.15. The molecule has 0 bridgehead atoms. The summed E-state index contributed by atoms with van der Waals surface area (Å²) in [5.74, 6) is 0. The number of hydrogen-bond donors (Lipinski definition) is 0. The van der Waals surface area contributed by atoms with Crippen LogP contribution >= 0.6 is 23.4 Å². The van der Waals surface area contributed by atoms with Crippen molar-refractivity contribution in [2.24, 2.45) is 0 Å². The Morgan fingerprint density at radius 2 is 1.95 bits per heavy atom. The molecule has 3 nitrogen and oxygen atoms in total. The fourth-order valence-electron chi connectivity index (χ4n) is 3.36. The molecule has 0 amide bonds. The molecule has 3 heterocycles. The molecule has 1 fully saturated rings. The van der Waals surface area contributed by atoms with Crippen LogP contribution in [0.4, 0.5) is 0 Å².